The molecule has 2 aromatic carbocycles. The Hall–Kier alpha value is -2.46. The second-order valence-electron chi connectivity index (χ2n) is 5.17. The Morgan fingerprint density at radius 3 is 2.50 bits per heavy atom. The smallest absolute Gasteiger partial charge is 0.195 e. The maximum absolute atomic E-state index is 13.4. The molecule has 4 heteroatoms. The molecular formula is C18H13FN2S. The molecule has 0 atom stereocenters. The van der Waals surface area contributed by atoms with Crippen molar-refractivity contribution in [3.63, 3.8) is 0 Å². The number of fused-ring (bicyclic) bond motifs is 1. The number of imidazole rings is 1. The molecule has 0 N–H and O–H groups in total. The van der Waals surface area contributed by atoms with Gasteiger partial charge in [-0.3, -0.25) is 4.40 Å². The van der Waals surface area contributed by atoms with Gasteiger partial charge in [0.15, 0.2) is 4.96 Å². The Labute approximate surface area is 131 Å². The number of rotatable bonds is 2. The van der Waals surface area contributed by atoms with Crippen molar-refractivity contribution in [1.82, 2.24) is 9.38 Å². The molecule has 0 radical (unpaired) electrons. The highest BCUT2D eigenvalue weighted by Gasteiger charge is 2.14. The van der Waals surface area contributed by atoms with Gasteiger partial charge in [0.25, 0.3) is 0 Å². The van der Waals surface area contributed by atoms with Crippen LogP contribution in [0.4, 0.5) is 4.39 Å². The van der Waals surface area contributed by atoms with E-state index in [4.69, 9.17) is 4.98 Å². The van der Waals surface area contributed by atoms with Crippen LogP contribution in [-0.2, 0) is 0 Å². The fourth-order valence-corrected chi connectivity index (χ4v) is 3.70. The van der Waals surface area contributed by atoms with E-state index >= 15 is 0 Å². The Balaban J connectivity index is 1.84. The number of thiazole rings is 1. The van der Waals surface area contributed by atoms with Crippen LogP contribution in [0.1, 0.15) is 5.69 Å². The van der Waals surface area contributed by atoms with Gasteiger partial charge in [0.2, 0.25) is 0 Å². The number of hydrogen-bond acceptors (Lipinski definition) is 2. The highest BCUT2D eigenvalue weighted by atomic mass is 32.1. The van der Waals surface area contributed by atoms with Crippen molar-refractivity contribution >= 4 is 16.3 Å². The highest BCUT2D eigenvalue weighted by molar-refractivity contribution is 7.20. The van der Waals surface area contributed by atoms with Crippen molar-refractivity contribution in [1.29, 1.82) is 0 Å². The average molecular weight is 308 g/mol. The zero-order valence-corrected chi connectivity index (χ0v) is 12.8. The fraction of sp³-hybridized carbons (Fsp3) is 0.0556. The first-order valence-corrected chi connectivity index (χ1v) is 7.84. The SMILES string of the molecule is Cc1c(-c2cccc(F)c2)sc2nc(-c3ccccc3)cn12. The van der Waals surface area contributed by atoms with E-state index in [1.807, 2.05) is 37.4 Å². The van der Waals surface area contributed by atoms with Crippen molar-refractivity contribution in [2.75, 3.05) is 0 Å². The summed E-state index contributed by atoms with van der Waals surface area (Å²) in [6.07, 6.45) is 2.04. The Bertz CT molecular complexity index is 954. The van der Waals surface area contributed by atoms with Gasteiger partial charge in [0.1, 0.15) is 5.82 Å². The summed E-state index contributed by atoms with van der Waals surface area (Å²) < 4.78 is 15.5. The lowest BCUT2D eigenvalue weighted by molar-refractivity contribution is 0.628. The van der Waals surface area contributed by atoms with Crippen molar-refractivity contribution < 1.29 is 4.39 Å². The summed E-state index contributed by atoms with van der Waals surface area (Å²) in [6.45, 7) is 2.04. The molecule has 108 valence electrons. The summed E-state index contributed by atoms with van der Waals surface area (Å²) in [6, 6.07) is 16.8. The predicted molar refractivity (Wildman–Crippen MR) is 88.6 cm³/mol. The summed E-state index contributed by atoms with van der Waals surface area (Å²) >= 11 is 1.59. The van der Waals surface area contributed by atoms with Crippen LogP contribution in [0.25, 0.3) is 26.7 Å². The standard InChI is InChI=1S/C18H13FN2S/c1-12-17(14-8-5-9-15(19)10-14)22-18-20-16(11-21(12)18)13-6-3-2-4-7-13/h2-11H,1H3. The first kappa shape index (κ1) is 13.2. The molecule has 4 rings (SSSR count). The number of nitrogens with zero attached hydrogens (tertiary/aromatic N) is 2. The lowest BCUT2D eigenvalue weighted by atomic mass is 10.1. The van der Waals surface area contributed by atoms with E-state index in [2.05, 4.69) is 16.5 Å². The van der Waals surface area contributed by atoms with E-state index in [1.54, 1.807) is 23.5 Å². The second kappa shape index (κ2) is 5.07. The summed E-state index contributed by atoms with van der Waals surface area (Å²) in [4.78, 5) is 6.68. The Kier molecular flexibility index (Phi) is 3.05. The van der Waals surface area contributed by atoms with Gasteiger partial charge in [-0.1, -0.05) is 53.8 Å². The van der Waals surface area contributed by atoms with Gasteiger partial charge in [-0.2, -0.15) is 0 Å². The minimum Gasteiger partial charge on any atom is -0.294 e. The summed E-state index contributed by atoms with van der Waals surface area (Å²) in [5.74, 6) is -0.215. The van der Waals surface area contributed by atoms with Gasteiger partial charge < -0.3 is 0 Å². The number of aryl methyl sites for hydroxylation is 1. The zero-order valence-electron chi connectivity index (χ0n) is 12.0. The normalized spacial score (nSPS) is 11.2. The molecule has 0 unspecified atom stereocenters. The molecule has 2 aromatic heterocycles. The second-order valence-corrected chi connectivity index (χ2v) is 6.15. The predicted octanol–water partition coefficient (Wildman–Crippen LogP) is 5.18. The van der Waals surface area contributed by atoms with E-state index in [0.717, 1.165) is 32.4 Å². The van der Waals surface area contributed by atoms with E-state index < -0.39 is 0 Å². The van der Waals surface area contributed by atoms with Gasteiger partial charge >= 0.3 is 0 Å². The Morgan fingerprint density at radius 2 is 1.77 bits per heavy atom. The van der Waals surface area contributed by atoms with Crippen molar-refractivity contribution in [3.05, 3.63) is 72.3 Å². The molecule has 0 bridgehead atoms. The molecule has 0 spiro atoms. The van der Waals surface area contributed by atoms with Gasteiger partial charge in [-0.15, -0.1) is 0 Å². The van der Waals surface area contributed by atoms with Gasteiger partial charge in [-0.25, -0.2) is 9.37 Å². The first-order valence-electron chi connectivity index (χ1n) is 7.02. The van der Waals surface area contributed by atoms with E-state index in [1.165, 1.54) is 6.07 Å². The third kappa shape index (κ3) is 2.12. The van der Waals surface area contributed by atoms with Crippen molar-refractivity contribution in [2.45, 2.75) is 6.92 Å². The molecule has 0 saturated heterocycles. The molecular weight excluding hydrogens is 295 g/mol. The molecule has 0 fully saturated rings. The lowest BCUT2D eigenvalue weighted by Crippen LogP contribution is -1.84. The summed E-state index contributed by atoms with van der Waals surface area (Å²) in [7, 11) is 0. The van der Waals surface area contributed by atoms with Gasteiger partial charge in [0.05, 0.1) is 10.6 Å². The van der Waals surface area contributed by atoms with Crippen LogP contribution in [-0.4, -0.2) is 9.38 Å². The third-order valence-corrected chi connectivity index (χ3v) is 4.92. The van der Waals surface area contributed by atoms with Crippen LogP contribution < -0.4 is 0 Å². The van der Waals surface area contributed by atoms with Crippen molar-refractivity contribution in [2.24, 2.45) is 0 Å². The summed E-state index contributed by atoms with van der Waals surface area (Å²) in [5.41, 5.74) is 4.04. The molecule has 0 saturated carbocycles. The first-order chi connectivity index (χ1) is 10.7. The molecule has 2 nitrogen and oxygen atoms in total. The third-order valence-electron chi connectivity index (χ3n) is 3.71. The average Bonchev–Trinajstić information content (AvgIpc) is 3.08. The van der Waals surface area contributed by atoms with E-state index in [9.17, 15) is 4.39 Å². The molecule has 0 aliphatic rings. The number of aromatic nitrogens is 2. The minimum atomic E-state index is -0.215. The fourth-order valence-electron chi connectivity index (χ4n) is 2.60. The van der Waals surface area contributed by atoms with E-state index in [0.29, 0.717) is 0 Å². The quantitative estimate of drug-likeness (QED) is 0.499. The van der Waals surface area contributed by atoms with Crippen LogP contribution in [0.2, 0.25) is 0 Å². The van der Waals surface area contributed by atoms with Crippen molar-refractivity contribution in [3.8, 4) is 21.7 Å². The molecule has 2 heterocycles. The van der Waals surface area contributed by atoms with E-state index in [-0.39, 0.29) is 5.82 Å². The monoisotopic (exact) mass is 308 g/mol. The van der Waals surface area contributed by atoms with Crippen LogP contribution in [0.5, 0.6) is 0 Å². The lowest BCUT2D eigenvalue weighted by Gasteiger charge is -2.00. The molecule has 0 amide bonds. The van der Waals surface area contributed by atoms with Gasteiger partial charge in [-0.05, 0) is 24.6 Å². The maximum atomic E-state index is 13.4. The van der Waals surface area contributed by atoms with Crippen LogP contribution in [0, 0.1) is 12.7 Å². The van der Waals surface area contributed by atoms with Crippen LogP contribution >= 0.6 is 11.3 Å². The zero-order chi connectivity index (χ0) is 15.1. The number of halogens is 1. The van der Waals surface area contributed by atoms with Gasteiger partial charge in [0, 0.05) is 17.5 Å². The van der Waals surface area contributed by atoms with Crippen LogP contribution in [0.3, 0.4) is 0 Å². The molecule has 0 aliphatic carbocycles. The number of hydrogen-bond donors (Lipinski definition) is 0. The topological polar surface area (TPSA) is 17.3 Å². The molecule has 22 heavy (non-hydrogen) atoms. The Morgan fingerprint density at radius 1 is 1.00 bits per heavy atom. The summed E-state index contributed by atoms with van der Waals surface area (Å²) in [5, 5.41) is 0. The molecule has 0 aliphatic heterocycles. The molecule has 4 aromatic rings. The minimum absolute atomic E-state index is 0.215. The largest absolute Gasteiger partial charge is 0.294 e. The highest BCUT2D eigenvalue weighted by Crippen LogP contribution is 2.34. The van der Waals surface area contributed by atoms with Crippen LogP contribution in [0.15, 0.2) is 60.8 Å². The number of benzene rings is 2. The maximum Gasteiger partial charge on any atom is 0.195 e.